The van der Waals surface area contributed by atoms with Crippen LogP contribution in [0, 0.1) is 0 Å². The normalized spacial score (nSPS) is 10.4. The zero-order valence-corrected chi connectivity index (χ0v) is 7.83. The number of pyridine rings is 1. The summed E-state index contributed by atoms with van der Waals surface area (Å²) in [6.07, 6.45) is 3.63. The van der Waals surface area contributed by atoms with Crippen molar-refractivity contribution in [1.82, 2.24) is 4.98 Å². The maximum absolute atomic E-state index is 11.4. The number of hydrogen-bond donors (Lipinski definition) is 1. The van der Waals surface area contributed by atoms with E-state index in [2.05, 4.69) is 9.97 Å². The highest BCUT2D eigenvalue weighted by Gasteiger charge is 2.10. The number of H-pyrrole nitrogens is 2. The van der Waals surface area contributed by atoms with Crippen molar-refractivity contribution >= 4 is 16.9 Å². The minimum atomic E-state index is -0.316. The van der Waals surface area contributed by atoms with Gasteiger partial charge in [0.05, 0.1) is 17.5 Å². The van der Waals surface area contributed by atoms with Gasteiger partial charge in [0.2, 0.25) is 0 Å². The summed E-state index contributed by atoms with van der Waals surface area (Å²) in [4.78, 5) is 17.3. The average Bonchev–Trinajstić information content (AvgIpc) is 2.61. The summed E-state index contributed by atoms with van der Waals surface area (Å²) in [5.74, 6) is -0.316. The van der Waals surface area contributed by atoms with Crippen LogP contribution in [-0.4, -0.2) is 17.6 Å². The summed E-state index contributed by atoms with van der Waals surface area (Å²) < 4.78 is 4.88. The van der Waals surface area contributed by atoms with Crippen molar-refractivity contribution in [3.63, 3.8) is 0 Å². The number of rotatable bonds is 2. The lowest BCUT2D eigenvalue weighted by molar-refractivity contribution is -0.375. The summed E-state index contributed by atoms with van der Waals surface area (Å²) in [5.41, 5.74) is 1.41. The van der Waals surface area contributed by atoms with Crippen LogP contribution in [0.25, 0.3) is 10.9 Å². The molecule has 0 aliphatic rings. The molecule has 0 bridgehead atoms. The van der Waals surface area contributed by atoms with E-state index in [9.17, 15) is 4.79 Å². The van der Waals surface area contributed by atoms with Crippen LogP contribution in [0.3, 0.4) is 0 Å². The molecule has 0 aliphatic heterocycles. The Hall–Kier alpha value is -1.84. The van der Waals surface area contributed by atoms with Gasteiger partial charge in [-0.3, -0.25) is 0 Å². The van der Waals surface area contributed by atoms with Crippen molar-refractivity contribution in [1.29, 1.82) is 0 Å². The smallest absolute Gasteiger partial charge is 0.354 e. The minimum Gasteiger partial charge on any atom is -0.461 e. The highest BCUT2D eigenvalue weighted by atomic mass is 16.5. The predicted molar refractivity (Wildman–Crippen MR) is 50.8 cm³/mol. The van der Waals surface area contributed by atoms with Gasteiger partial charge in [-0.25, -0.2) is 9.78 Å². The topological polar surface area (TPSA) is 56.2 Å². The Labute approximate surface area is 80.9 Å². The third kappa shape index (κ3) is 1.46. The number of aromatic nitrogens is 2. The lowest BCUT2D eigenvalue weighted by Crippen LogP contribution is -2.04. The molecule has 14 heavy (non-hydrogen) atoms. The minimum absolute atomic E-state index is 0.316. The van der Waals surface area contributed by atoms with Gasteiger partial charge in [-0.15, -0.1) is 0 Å². The highest BCUT2D eigenvalue weighted by Crippen LogP contribution is 2.12. The molecule has 0 saturated carbocycles. The van der Waals surface area contributed by atoms with Gasteiger partial charge in [-0.1, -0.05) is 0 Å². The quantitative estimate of drug-likeness (QED) is 0.724. The van der Waals surface area contributed by atoms with Crippen molar-refractivity contribution in [3.8, 4) is 0 Å². The van der Waals surface area contributed by atoms with Crippen LogP contribution in [-0.2, 0) is 4.74 Å². The van der Waals surface area contributed by atoms with E-state index in [0.717, 1.165) is 10.9 Å². The van der Waals surface area contributed by atoms with Crippen LogP contribution in [0.5, 0.6) is 0 Å². The molecule has 0 aromatic carbocycles. The van der Waals surface area contributed by atoms with Crippen molar-refractivity contribution in [3.05, 3.63) is 30.2 Å². The Morgan fingerprint density at radius 3 is 3.21 bits per heavy atom. The molecule has 0 spiro atoms. The van der Waals surface area contributed by atoms with Gasteiger partial charge in [0.25, 0.3) is 0 Å². The number of carbonyl (C=O) groups is 1. The molecule has 2 aromatic heterocycles. The Morgan fingerprint density at radius 1 is 1.64 bits per heavy atom. The maximum atomic E-state index is 11.4. The standard InChI is InChI=1S/C10H10N2O2/c1-2-14-10(13)9-5-7-6-11-4-3-8(7)12-9/h3-6,12H,2H2,1H3/p+1. The lowest BCUT2D eigenvalue weighted by Gasteiger charge is -1.96. The highest BCUT2D eigenvalue weighted by molar-refractivity contribution is 5.94. The van der Waals surface area contributed by atoms with Gasteiger partial charge in [-0.2, -0.15) is 0 Å². The molecule has 2 N–H and O–H groups in total. The molecule has 2 aromatic rings. The Bertz CT molecular complexity index is 429. The molecule has 2 heterocycles. The maximum Gasteiger partial charge on any atom is 0.354 e. The molecule has 72 valence electrons. The second-order valence-electron chi connectivity index (χ2n) is 2.92. The predicted octanol–water partition coefficient (Wildman–Crippen LogP) is 1.16. The molecule has 0 radical (unpaired) electrons. The number of carbonyl (C=O) groups excluding carboxylic acids is 1. The van der Waals surface area contributed by atoms with Crippen LogP contribution >= 0.6 is 0 Å². The molecule has 0 unspecified atom stereocenters. The van der Waals surface area contributed by atoms with E-state index in [1.54, 1.807) is 19.2 Å². The summed E-state index contributed by atoms with van der Waals surface area (Å²) in [6.45, 7) is 2.18. The zero-order valence-electron chi connectivity index (χ0n) is 7.83. The van der Waals surface area contributed by atoms with Gasteiger partial charge in [0.1, 0.15) is 5.69 Å². The number of aromatic amines is 2. The molecule has 0 aliphatic carbocycles. The number of hydrogen-bond acceptors (Lipinski definition) is 2. The average molecular weight is 191 g/mol. The zero-order chi connectivity index (χ0) is 9.97. The van der Waals surface area contributed by atoms with Gasteiger partial charge in [0, 0.05) is 6.07 Å². The van der Waals surface area contributed by atoms with E-state index in [1.165, 1.54) is 0 Å². The summed E-state index contributed by atoms with van der Waals surface area (Å²) in [6, 6.07) is 3.64. The molecular formula is C10H11N2O2+. The summed E-state index contributed by atoms with van der Waals surface area (Å²) >= 11 is 0. The number of nitrogens with one attached hydrogen (secondary N) is 2. The summed E-state index contributed by atoms with van der Waals surface area (Å²) in [5, 5.41) is 0.968. The van der Waals surface area contributed by atoms with E-state index in [0.29, 0.717) is 12.3 Å². The first-order valence-electron chi connectivity index (χ1n) is 4.47. The largest absolute Gasteiger partial charge is 0.461 e. The van der Waals surface area contributed by atoms with E-state index in [4.69, 9.17) is 4.74 Å². The van der Waals surface area contributed by atoms with Crippen LogP contribution in [0.2, 0.25) is 0 Å². The van der Waals surface area contributed by atoms with Gasteiger partial charge < -0.3 is 9.72 Å². The van der Waals surface area contributed by atoms with E-state index in [1.807, 2.05) is 12.3 Å². The SMILES string of the molecule is CCOC(=O)c1cc2c[nH+]ccc2[nH]1. The van der Waals surface area contributed by atoms with Crippen LogP contribution in [0.15, 0.2) is 24.5 Å². The Kier molecular flexibility index (Phi) is 2.18. The first kappa shape index (κ1) is 8.74. The van der Waals surface area contributed by atoms with Crippen molar-refractivity contribution in [2.24, 2.45) is 0 Å². The number of fused-ring (bicyclic) bond motifs is 1. The molecule has 0 amide bonds. The van der Waals surface area contributed by atoms with E-state index in [-0.39, 0.29) is 5.97 Å². The third-order valence-corrected chi connectivity index (χ3v) is 1.96. The first-order valence-corrected chi connectivity index (χ1v) is 4.47. The van der Waals surface area contributed by atoms with Gasteiger partial charge >= 0.3 is 5.97 Å². The van der Waals surface area contributed by atoms with Crippen LogP contribution < -0.4 is 4.98 Å². The molecule has 4 heteroatoms. The molecule has 0 atom stereocenters. The fraction of sp³-hybridized carbons (Fsp3) is 0.200. The lowest BCUT2D eigenvalue weighted by atomic mass is 10.3. The second-order valence-corrected chi connectivity index (χ2v) is 2.92. The fourth-order valence-electron chi connectivity index (χ4n) is 1.33. The molecule has 0 saturated heterocycles. The van der Waals surface area contributed by atoms with Crippen molar-refractivity contribution in [2.45, 2.75) is 6.92 Å². The van der Waals surface area contributed by atoms with Crippen LogP contribution in [0.1, 0.15) is 17.4 Å². The Balaban J connectivity index is 2.40. The number of ether oxygens (including phenoxy) is 1. The second kappa shape index (κ2) is 3.49. The van der Waals surface area contributed by atoms with Gasteiger partial charge in [-0.05, 0) is 13.0 Å². The summed E-state index contributed by atoms with van der Waals surface area (Å²) in [7, 11) is 0. The Morgan fingerprint density at radius 2 is 2.50 bits per heavy atom. The fourth-order valence-corrected chi connectivity index (χ4v) is 1.33. The third-order valence-electron chi connectivity index (χ3n) is 1.96. The van der Waals surface area contributed by atoms with Crippen molar-refractivity contribution < 1.29 is 14.5 Å². The molecule has 2 rings (SSSR count). The van der Waals surface area contributed by atoms with E-state index < -0.39 is 0 Å². The monoisotopic (exact) mass is 191 g/mol. The number of esters is 1. The van der Waals surface area contributed by atoms with Crippen LogP contribution in [0.4, 0.5) is 0 Å². The first-order chi connectivity index (χ1) is 6.81. The molecular weight excluding hydrogens is 180 g/mol. The van der Waals surface area contributed by atoms with Gasteiger partial charge in [0.15, 0.2) is 12.4 Å². The van der Waals surface area contributed by atoms with Crippen molar-refractivity contribution in [2.75, 3.05) is 6.61 Å². The van der Waals surface area contributed by atoms with E-state index >= 15 is 0 Å². The molecule has 0 fully saturated rings. The molecule has 4 nitrogen and oxygen atoms in total.